The number of halogens is 1. The quantitative estimate of drug-likeness (QED) is 0.718. The summed E-state index contributed by atoms with van der Waals surface area (Å²) in [5.41, 5.74) is 2.23. The van der Waals surface area contributed by atoms with Gasteiger partial charge >= 0.3 is 0 Å². The molecule has 0 aliphatic carbocycles. The van der Waals surface area contributed by atoms with E-state index in [9.17, 15) is 5.11 Å². The summed E-state index contributed by atoms with van der Waals surface area (Å²) in [4.78, 5) is 5.48. The molecule has 0 radical (unpaired) electrons. The molecule has 4 nitrogen and oxygen atoms in total. The molecule has 0 amide bonds. The van der Waals surface area contributed by atoms with Crippen molar-refractivity contribution in [2.75, 3.05) is 32.8 Å². The number of thiocarbonyl (C=S) groups is 1. The maximum absolute atomic E-state index is 10.1. The third-order valence-electron chi connectivity index (χ3n) is 4.48. The van der Waals surface area contributed by atoms with Crippen molar-refractivity contribution in [3.05, 3.63) is 58.1 Å². The number of rotatable bonds is 5. The van der Waals surface area contributed by atoms with Gasteiger partial charge in [0.25, 0.3) is 0 Å². The fraction of sp³-hybridized carbons (Fsp3) is 0.350. The van der Waals surface area contributed by atoms with E-state index >= 15 is 0 Å². The van der Waals surface area contributed by atoms with Gasteiger partial charge in [-0.05, 0) is 40.5 Å². The van der Waals surface area contributed by atoms with Crippen molar-refractivity contribution in [2.45, 2.75) is 13.5 Å². The number of hydrogen-bond acceptors (Lipinski definition) is 4. The molecule has 0 saturated carbocycles. The number of phenolic OH excluding ortho intramolecular Hbond substituents is 1. The van der Waals surface area contributed by atoms with E-state index in [1.165, 1.54) is 5.56 Å². The Labute approximate surface area is 168 Å². The Morgan fingerprint density at radius 3 is 2.50 bits per heavy atom. The van der Waals surface area contributed by atoms with Crippen LogP contribution in [0.1, 0.15) is 18.1 Å². The third kappa shape index (κ3) is 4.55. The molecule has 0 atom stereocenters. The average molecular weight is 435 g/mol. The molecule has 3 rings (SSSR count). The van der Waals surface area contributed by atoms with Crippen molar-refractivity contribution in [3.63, 3.8) is 0 Å². The van der Waals surface area contributed by atoms with Crippen LogP contribution in [-0.2, 0) is 6.54 Å². The minimum absolute atomic E-state index is 0.117. The molecule has 1 aliphatic heterocycles. The highest BCUT2D eigenvalue weighted by Gasteiger charge is 2.21. The lowest BCUT2D eigenvalue weighted by molar-refractivity contribution is 0.177. The summed E-state index contributed by atoms with van der Waals surface area (Å²) < 4.78 is 6.11. The number of benzene rings is 2. The molecule has 2 aromatic rings. The smallest absolute Gasteiger partial charge is 0.172 e. The largest absolute Gasteiger partial charge is 0.503 e. The van der Waals surface area contributed by atoms with Gasteiger partial charge in [0.2, 0.25) is 0 Å². The van der Waals surface area contributed by atoms with Crippen LogP contribution in [-0.4, -0.2) is 52.7 Å². The molecule has 26 heavy (non-hydrogen) atoms. The van der Waals surface area contributed by atoms with E-state index in [0.717, 1.165) is 43.3 Å². The average Bonchev–Trinajstić information content (AvgIpc) is 2.66. The van der Waals surface area contributed by atoms with Crippen LogP contribution >= 0.6 is 28.1 Å². The van der Waals surface area contributed by atoms with E-state index in [1.807, 2.05) is 25.1 Å². The second-order valence-corrected chi connectivity index (χ2v) is 7.53. The van der Waals surface area contributed by atoms with Crippen LogP contribution in [0.3, 0.4) is 0 Å². The van der Waals surface area contributed by atoms with E-state index in [-0.39, 0.29) is 5.75 Å². The first kappa shape index (κ1) is 19.1. The van der Waals surface area contributed by atoms with E-state index in [2.05, 4.69) is 50.0 Å². The maximum Gasteiger partial charge on any atom is 0.172 e. The van der Waals surface area contributed by atoms with Crippen molar-refractivity contribution in [1.29, 1.82) is 0 Å². The summed E-state index contributed by atoms with van der Waals surface area (Å²) in [5, 5.41) is 10.1. The number of nitrogens with zero attached hydrogens (tertiary/aromatic N) is 2. The molecular formula is C20H23BrN2O2S. The van der Waals surface area contributed by atoms with Gasteiger partial charge in [0.15, 0.2) is 11.5 Å². The van der Waals surface area contributed by atoms with Crippen LogP contribution in [0, 0.1) is 0 Å². The van der Waals surface area contributed by atoms with Crippen LogP contribution in [0.4, 0.5) is 0 Å². The Balaban J connectivity index is 1.63. The number of ether oxygens (including phenoxy) is 1. The van der Waals surface area contributed by atoms with E-state index < -0.39 is 0 Å². The van der Waals surface area contributed by atoms with Gasteiger partial charge in [-0.3, -0.25) is 4.90 Å². The zero-order valence-electron chi connectivity index (χ0n) is 14.8. The second-order valence-electron chi connectivity index (χ2n) is 6.29. The van der Waals surface area contributed by atoms with Crippen molar-refractivity contribution < 1.29 is 9.84 Å². The SMILES string of the molecule is CCOc1cc(C(=S)N2CCN(Cc3ccccc3)CC2)cc(Br)c1O. The molecule has 0 unspecified atom stereocenters. The highest BCUT2D eigenvalue weighted by molar-refractivity contribution is 9.10. The summed E-state index contributed by atoms with van der Waals surface area (Å²) >= 11 is 9.09. The van der Waals surface area contributed by atoms with Gasteiger partial charge < -0.3 is 14.7 Å². The molecule has 1 aliphatic rings. The summed E-state index contributed by atoms with van der Waals surface area (Å²) in [5.74, 6) is 0.577. The molecular weight excluding hydrogens is 412 g/mol. The first-order chi connectivity index (χ1) is 12.6. The Morgan fingerprint density at radius 1 is 1.15 bits per heavy atom. The molecule has 1 fully saturated rings. The van der Waals surface area contributed by atoms with Crippen molar-refractivity contribution in [1.82, 2.24) is 9.80 Å². The summed E-state index contributed by atoms with van der Waals surface area (Å²) in [6.07, 6.45) is 0. The fourth-order valence-corrected chi connectivity index (χ4v) is 3.84. The number of aromatic hydroxyl groups is 1. The summed E-state index contributed by atoms with van der Waals surface area (Å²) in [7, 11) is 0. The molecule has 6 heteroatoms. The summed E-state index contributed by atoms with van der Waals surface area (Å²) in [6.45, 7) is 7.11. The predicted molar refractivity (Wildman–Crippen MR) is 112 cm³/mol. The highest BCUT2D eigenvalue weighted by Crippen LogP contribution is 2.36. The standard InChI is InChI=1S/C20H23BrN2O2S/c1-2-25-18-13-16(12-17(21)19(18)24)20(26)23-10-8-22(9-11-23)14-15-6-4-3-5-7-15/h3-7,12-13,24H,2,8-11,14H2,1H3. The van der Waals surface area contributed by atoms with Crippen LogP contribution in [0.25, 0.3) is 0 Å². The molecule has 1 heterocycles. The Bertz CT molecular complexity index is 762. The monoisotopic (exact) mass is 434 g/mol. The molecule has 1 N–H and O–H groups in total. The molecule has 2 aromatic carbocycles. The minimum atomic E-state index is 0.117. The predicted octanol–water partition coefficient (Wildman–Crippen LogP) is 4.05. The summed E-state index contributed by atoms with van der Waals surface area (Å²) in [6, 6.07) is 14.2. The van der Waals surface area contributed by atoms with Gasteiger partial charge in [-0.2, -0.15) is 0 Å². The van der Waals surface area contributed by atoms with Crippen LogP contribution in [0.15, 0.2) is 46.9 Å². The molecule has 0 spiro atoms. The highest BCUT2D eigenvalue weighted by atomic mass is 79.9. The van der Waals surface area contributed by atoms with Gasteiger partial charge in [-0.15, -0.1) is 0 Å². The van der Waals surface area contributed by atoms with E-state index in [4.69, 9.17) is 17.0 Å². The zero-order chi connectivity index (χ0) is 18.5. The molecule has 1 saturated heterocycles. The van der Waals surface area contributed by atoms with E-state index in [1.54, 1.807) is 0 Å². The van der Waals surface area contributed by atoms with Crippen LogP contribution in [0.2, 0.25) is 0 Å². The Kier molecular flexibility index (Phi) is 6.51. The Morgan fingerprint density at radius 2 is 1.85 bits per heavy atom. The number of phenols is 1. The lowest BCUT2D eigenvalue weighted by Crippen LogP contribution is -2.48. The van der Waals surface area contributed by atoms with Gasteiger partial charge in [0.1, 0.15) is 4.99 Å². The lowest BCUT2D eigenvalue weighted by Gasteiger charge is -2.36. The first-order valence-electron chi connectivity index (χ1n) is 8.79. The molecule has 0 aromatic heterocycles. The van der Waals surface area contributed by atoms with Crippen LogP contribution < -0.4 is 4.74 Å². The Hall–Kier alpha value is -1.63. The van der Waals surface area contributed by atoms with Gasteiger partial charge in [0.05, 0.1) is 11.1 Å². The van der Waals surface area contributed by atoms with E-state index in [0.29, 0.717) is 16.8 Å². The lowest BCUT2D eigenvalue weighted by atomic mass is 10.1. The maximum atomic E-state index is 10.1. The van der Waals surface area contributed by atoms with Crippen molar-refractivity contribution >= 4 is 33.1 Å². The normalized spacial score (nSPS) is 15.1. The minimum Gasteiger partial charge on any atom is -0.503 e. The van der Waals surface area contributed by atoms with Gasteiger partial charge in [-0.1, -0.05) is 42.5 Å². The third-order valence-corrected chi connectivity index (χ3v) is 5.58. The number of piperazine rings is 1. The zero-order valence-corrected chi connectivity index (χ0v) is 17.2. The first-order valence-corrected chi connectivity index (χ1v) is 9.99. The second kappa shape index (κ2) is 8.84. The molecule has 0 bridgehead atoms. The van der Waals surface area contributed by atoms with Gasteiger partial charge in [-0.25, -0.2) is 0 Å². The van der Waals surface area contributed by atoms with Crippen LogP contribution in [0.5, 0.6) is 11.5 Å². The molecule has 138 valence electrons. The topological polar surface area (TPSA) is 35.9 Å². The fourth-order valence-electron chi connectivity index (χ4n) is 3.10. The van der Waals surface area contributed by atoms with Crippen molar-refractivity contribution in [3.8, 4) is 11.5 Å². The number of hydrogen-bond donors (Lipinski definition) is 1. The van der Waals surface area contributed by atoms with Crippen molar-refractivity contribution in [2.24, 2.45) is 0 Å². The van der Waals surface area contributed by atoms with Gasteiger partial charge in [0, 0.05) is 38.3 Å².